The molecule has 1 amide bonds. The fourth-order valence-corrected chi connectivity index (χ4v) is 4.20. The third kappa shape index (κ3) is 7.51. The minimum Gasteiger partial charge on any atom is -0.493 e. The van der Waals surface area contributed by atoms with Crippen LogP contribution in [0, 0.1) is 5.92 Å². The van der Waals surface area contributed by atoms with E-state index in [2.05, 4.69) is 35.4 Å². The van der Waals surface area contributed by atoms with Crippen LogP contribution in [0.15, 0.2) is 46.0 Å². The molecule has 1 aliphatic rings. The second kappa shape index (κ2) is 13.9. The Bertz CT molecular complexity index is 1410. The zero-order valence-corrected chi connectivity index (χ0v) is 23.9. The molecule has 0 bridgehead atoms. The highest BCUT2D eigenvalue weighted by Crippen LogP contribution is 2.29. The number of aromatic nitrogens is 4. The van der Waals surface area contributed by atoms with Gasteiger partial charge in [-0.15, -0.1) is 0 Å². The van der Waals surface area contributed by atoms with Crippen molar-refractivity contribution < 1.29 is 19.5 Å². The predicted molar refractivity (Wildman–Crippen MR) is 157 cm³/mol. The summed E-state index contributed by atoms with van der Waals surface area (Å²) in [6.07, 6.45) is 2.55. The first kappa shape index (κ1) is 29.8. The minimum absolute atomic E-state index is 0.0797. The number of amides is 1. The summed E-state index contributed by atoms with van der Waals surface area (Å²) in [7, 11) is 3.83. The van der Waals surface area contributed by atoms with Crippen LogP contribution in [0.2, 0.25) is 0 Å². The Morgan fingerprint density at radius 2 is 1.98 bits per heavy atom. The summed E-state index contributed by atoms with van der Waals surface area (Å²) in [5.41, 5.74) is 3.99. The zero-order valence-electron chi connectivity index (χ0n) is 23.9. The number of anilines is 1. The monoisotopic (exact) mass is 563 g/mol. The van der Waals surface area contributed by atoms with Crippen molar-refractivity contribution >= 4 is 35.8 Å². The van der Waals surface area contributed by atoms with Gasteiger partial charge in [-0.05, 0) is 43.9 Å². The second-order valence-electron chi connectivity index (χ2n) is 10.1. The van der Waals surface area contributed by atoms with Crippen molar-refractivity contribution in [3.8, 4) is 17.1 Å². The maximum Gasteiger partial charge on any atom is 0.277 e. The number of carbonyl (C=O) groups is 1. The van der Waals surface area contributed by atoms with Crippen LogP contribution in [-0.2, 0) is 23.1 Å². The molecule has 13 heteroatoms. The summed E-state index contributed by atoms with van der Waals surface area (Å²) < 4.78 is 13.4. The normalized spacial score (nSPS) is 14.4. The van der Waals surface area contributed by atoms with Crippen LogP contribution in [-0.4, -0.2) is 95.1 Å². The molecule has 1 fully saturated rings. The highest BCUT2D eigenvalue weighted by atomic mass is 16.5. The summed E-state index contributed by atoms with van der Waals surface area (Å²) in [5, 5.41) is 8.88. The Morgan fingerprint density at radius 1 is 1.24 bits per heavy atom. The lowest BCUT2D eigenvalue weighted by molar-refractivity contribution is -0.124. The third-order valence-corrected chi connectivity index (χ3v) is 6.36. The molecule has 0 radical (unpaired) electrons. The Kier molecular flexibility index (Phi) is 10.1. The molecule has 1 aliphatic heterocycles. The van der Waals surface area contributed by atoms with Gasteiger partial charge < -0.3 is 18.9 Å². The van der Waals surface area contributed by atoms with E-state index in [4.69, 9.17) is 29.6 Å². The average Bonchev–Trinajstić information content (AvgIpc) is 3.29. The van der Waals surface area contributed by atoms with Crippen LogP contribution in [0.3, 0.4) is 0 Å². The average molecular weight is 564 g/mol. The van der Waals surface area contributed by atoms with Gasteiger partial charge in [-0.2, -0.15) is 0 Å². The molecule has 2 N–H and O–H groups in total. The number of imidazole rings is 1. The van der Waals surface area contributed by atoms with Gasteiger partial charge in [0, 0.05) is 38.1 Å². The van der Waals surface area contributed by atoms with E-state index in [9.17, 15) is 4.79 Å². The number of benzene rings is 1. The largest absolute Gasteiger partial charge is 0.493 e. The van der Waals surface area contributed by atoms with Crippen LogP contribution in [0.5, 0.6) is 5.75 Å². The summed E-state index contributed by atoms with van der Waals surface area (Å²) >= 11 is 0. The van der Waals surface area contributed by atoms with Gasteiger partial charge in [0.2, 0.25) is 0 Å². The first-order valence-electron chi connectivity index (χ1n) is 13.4. The quantitative estimate of drug-likeness (QED) is 0.147. The van der Waals surface area contributed by atoms with Gasteiger partial charge in [0.1, 0.15) is 11.6 Å². The first-order valence-corrected chi connectivity index (χ1v) is 13.4. The molecule has 0 atom stereocenters. The lowest BCUT2D eigenvalue weighted by Crippen LogP contribution is -2.37. The first-order chi connectivity index (χ1) is 19.8. The second-order valence-corrected chi connectivity index (χ2v) is 10.1. The van der Waals surface area contributed by atoms with E-state index in [1.807, 2.05) is 47.8 Å². The molecular formula is C28H37N9O4. The number of hydrogen-bond donors (Lipinski definition) is 2. The van der Waals surface area contributed by atoms with Crippen molar-refractivity contribution in [1.82, 2.24) is 29.9 Å². The number of fused-ring (bicyclic) bond motifs is 1. The number of morpholine rings is 1. The van der Waals surface area contributed by atoms with E-state index in [1.165, 1.54) is 12.4 Å². The van der Waals surface area contributed by atoms with E-state index >= 15 is 0 Å². The maximum absolute atomic E-state index is 11.7. The third-order valence-electron chi connectivity index (χ3n) is 6.36. The van der Waals surface area contributed by atoms with Gasteiger partial charge in [0.15, 0.2) is 22.8 Å². The molecule has 3 heterocycles. The molecule has 0 saturated carbocycles. The molecule has 0 aliphatic carbocycles. The van der Waals surface area contributed by atoms with Gasteiger partial charge in [-0.25, -0.2) is 20.4 Å². The lowest BCUT2D eigenvalue weighted by atomic mass is 10.2. The van der Waals surface area contributed by atoms with Gasteiger partial charge in [-0.1, -0.05) is 13.8 Å². The van der Waals surface area contributed by atoms with Gasteiger partial charge in [0.25, 0.3) is 5.91 Å². The van der Waals surface area contributed by atoms with E-state index < -0.39 is 5.91 Å². The highest BCUT2D eigenvalue weighted by molar-refractivity contribution is 6.11. The van der Waals surface area contributed by atoms with Crippen molar-refractivity contribution in [1.29, 1.82) is 0 Å². The van der Waals surface area contributed by atoms with Crippen molar-refractivity contribution in [2.75, 3.05) is 51.5 Å². The molecule has 0 unspecified atom stereocenters. The molecular weight excluding hydrogens is 526 g/mol. The molecule has 41 heavy (non-hydrogen) atoms. The molecule has 1 saturated heterocycles. The number of ether oxygens (including phenoxy) is 2. The molecule has 13 nitrogen and oxygen atoms in total. The predicted octanol–water partition coefficient (Wildman–Crippen LogP) is 2.45. The van der Waals surface area contributed by atoms with Crippen LogP contribution >= 0.6 is 0 Å². The maximum atomic E-state index is 11.7. The number of carbonyl (C=O) groups excluding carboxylic acids is 1. The SMILES string of the molecule is C=N/C=C(\C=N/CN(C)Cc1nc2c(N3CCOCC3)nc(-c3ccc(OCC(C)C)cc3)nc2n1C)C(=O)NO. The summed E-state index contributed by atoms with van der Waals surface area (Å²) in [5.74, 6) is 2.70. The van der Waals surface area contributed by atoms with Crippen LogP contribution in [0.4, 0.5) is 5.82 Å². The number of nitrogens with zero attached hydrogens (tertiary/aromatic N) is 8. The molecule has 3 aromatic rings. The number of aryl methyl sites for hydroxylation is 1. The van der Waals surface area contributed by atoms with Crippen molar-refractivity contribution in [2.45, 2.75) is 20.4 Å². The number of hydroxylamine groups is 1. The molecule has 4 rings (SSSR count). The zero-order chi connectivity index (χ0) is 29.4. The van der Waals surface area contributed by atoms with Crippen LogP contribution in [0.1, 0.15) is 19.7 Å². The lowest BCUT2D eigenvalue weighted by Gasteiger charge is -2.28. The fraction of sp³-hybridized carbons (Fsp3) is 0.429. The van der Waals surface area contributed by atoms with E-state index in [0.29, 0.717) is 51.2 Å². The number of hydrogen-bond acceptors (Lipinski definition) is 11. The standard InChI is InChI=1S/C28H37N9O4/c1-19(2)17-41-22-8-6-20(7-9-22)25-32-26-24(27(33-25)37-10-12-40-13-11-37)31-23(36(26)5)16-35(4)18-30-15-21(14-29-3)28(38)34-39/h6-9,14-15,19,39H,3,10-13,16-18H2,1-2,4-5H3,(H,34,38)/b21-14+,30-15-. The Morgan fingerprint density at radius 3 is 2.63 bits per heavy atom. The number of nitrogens with one attached hydrogen (secondary N) is 1. The van der Waals surface area contributed by atoms with Crippen LogP contribution < -0.4 is 15.1 Å². The van der Waals surface area contributed by atoms with Gasteiger partial charge in [0.05, 0.1) is 38.6 Å². The number of rotatable bonds is 12. The summed E-state index contributed by atoms with van der Waals surface area (Å²) in [4.78, 5) is 38.5. The summed E-state index contributed by atoms with van der Waals surface area (Å²) in [6.45, 7) is 11.6. The van der Waals surface area contributed by atoms with E-state index in [-0.39, 0.29) is 12.2 Å². The molecule has 218 valence electrons. The topological polar surface area (TPSA) is 143 Å². The van der Waals surface area contributed by atoms with Gasteiger partial charge in [-0.3, -0.25) is 24.9 Å². The number of aliphatic imine (C=N–C) groups is 2. The molecule has 2 aromatic heterocycles. The molecule has 1 aromatic carbocycles. The Hall–Kier alpha value is -4.20. The van der Waals surface area contributed by atoms with E-state index in [1.54, 1.807) is 5.48 Å². The summed E-state index contributed by atoms with van der Waals surface area (Å²) in [6, 6.07) is 7.84. The Balaban J connectivity index is 1.61. The highest BCUT2D eigenvalue weighted by Gasteiger charge is 2.23. The van der Waals surface area contributed by atoms with Crippen molar-refractivity contribution in [3.63, 3.8) is 0 Å². The van der Waals surface area contributed by atoms with Crippen molar-refractivity contribution in [3.05, 3.63) is 41.9 Å². The smallest absolute Gasteiger partial charge is 0.277 e. The Labute approximate surface area is 239 Å². The van der Waals surface area contributed by atoms with Gasteiger partial charge >= 0.3 is 0 Å². The minimum atomic E-state index is -0.720. The van der Waals surface area contributed by atoms with Crippen molar-refractivity contribution in [2.24, 2.45) is 23.0 Å². The van der Waals surface area contributed by atoms with Crippen LogP contribution in [0.25, 0.3) is 22.6 Å². The fourth-order valence-electron chi connectivity index (χ4n) is 4.20. The molecule has 0 spiro atoms. The van der Waals surface area contributed by atoms with E-state index in [0.717, 1.165) is 34.1 Å².